The molecule has 0 aromatic heterocycles. The van der Waals surface area contributed by atoms with E-state index in [1.165, 1.54) is 12.1 Å². The molecule has 0 saturated carbocycles. The van der Waals surface area contributed by atoms with Crippen LogP contribution >= 0.6 is 0 Å². The van der Waals surface area contributed by atoms with Crippen LogP contribution in [0.3, 0.4) is 0 Å². The molecule has 1 aliphatic heterocycles. The fourth-order valence-corrected chi connectivity index (χ4v) is 6.04. The van der Waals surface area contributed by atoms with E-state index in [4.69, 9.17) is 14.2 Å². The van der Waals surface area contributed by atoms with Crippen LogP contribution in [0, 0.1) is 6.92 Å². The van der Waals surface area contributed by atoms with Gasteiger partial charge in [-0.3, -0.25) is 0 Å². The van der Waals surface area contributed by atoms with Gasteiger partial charge in [0.15, 0.2) is 6.23 Å². The zero-order chi connectivity index (χ0) is 25.2. The SMILES string of the molecule is COC(=O)C1(C(=O)OC)[C@H](c2ccccc2)O[C@H](c2ccccc2)N1S(=O)(=O)c1ccc(C)cc1. The fourth-order valence-electron chi connectivity index (χ4n) is 4.29. The number of sulfonamides is 1. The number of nitrogens with zero attached hydrogens (tertiary/aromatic N) is 1. The number of carbonyl (C=O) groups excluding carboxylic acids is 2. The minimum Gasteiger partial charge on any atom is -0.467 e. The predicted octanol–water partition coefficient (Wildman–Crippen LogP) is 3.54. The number of hydrogen-bond donors (Lipinski definition) is 0. The molecule has 182 valence electrons. The topological polar surface area (TPSA) is 99.2 Å². The van der Waals surface area contributed by atoms with Crippen molar-refractivity contribution in [1.82, 2.24) is 4.31 Å². The van der Waals surface area contributed by atoms with Crippen molar-refractivity contribution in [3.8, 4) is 0 Å². The first-order chi connectivity index (χ1) is 16.8. The van der Waals surface area contributed by atoms with E-state index in [9.17, 15) is 18.0 Å². The highest BCUT2D eigenvalue weighted by molar-refractivity contribution is 7.89. The molecule has 1 fully saturated rings. The summed E-state index contributed by atoms with van der Waals surface area (Å²) in [6.45, 7) is 1.82. The van der Waals surface area contributed by atoms with Crippen LogP contribution in [-0.2, 0) is 33.8 Å². The van der Waals surface area contributed by atoms with Gasteiger partial charge in [0.1, 0.15) is 6.10 Å². The third kappa shape index (κ3) is 4.01. The van der Waals surface area contributed by atoms with Gasteiger partial charge in [0.05, 0.1) is 19.1 Å². The maximum absolute atomic E-state index is 14.2. The molecule has 0 bridgehead atoms. The van der Waals surface area contributed by atoms with Crippen LogP contribution in [0.2, 0.25) is 0 Å². The largest absolute Gasteiger partial charge is 0.467 e. The number of benzene rings is 3. The van der Waals surface area contributed by atoms with E-state index in [1.807, 2.05) is 6.92 Å². The molecular weight excluding hydrogens is 470 g/mol. The Morgan fingerprint density at radius 1 is 0.800 bits per heavy atom. The van der Waals surface area contributed by atoms with Crippen molar-refractivity contribution in [1.29, 1.82) is 0 Å². The molecule has 8 nitrogen and oxygen atoms in total. The summed E-state index contributed by atoms with van der Waals surface area (Å²) < 4.78 is 45.6. The van der Waals surface area contributed by atoms with Crippen LogP contribution in [0.25, 0.3) is 0 Å². The number of hydrogen-bond acceptors (Lipinski definition) is 7. The summed E-state index contributed by atoms with van der Waals surface area (Å²) in [5, 5.41) is 0. The van der Waals surface area contributed by atoms with Crippen LogP contribution in [0.1, 0.15) is 29.0 Å². The van der Waals surface area contributed by atoms with Crippen molar-refractivity contribution in [2.45, 2.75) is 29.7 Å². The molecule has 2 atom stereocenters. The molecule has 3 aromatic rings. The first-order valence-corrected chi connectivity index (χ1v) is 12.3. The Morgan fingerprint density at radius 2 is 1.29 bits per heavy atom. The van der Waals surface area contributed by atoms with E-state index in [0.717, 1.165) is 24.1 Å². The van der Waals surface area contributed by atoms with Gasteiger partial charge in [0.2, 0.25) is 10.0 Å². The third-order valence-corrected chi connectivity index (χ3v) is 7.83. The number of ether oxygens (including phenoxy) is 3. The Bertz CT molecular complexity index is 1290. The summed E-state index contributed by atoms with van der Waals surface area (Å²) in [7, 11) is -2.34. The van der Waals surface area contributed by atoms with Gasteiger partial charge in [-0.05, 0) is 30.2 Å². The van der Waals surface area contributed by atoms with Gasteiger partial charge in [-0.25, -0.2) is 18.0 Å². The summed E-state index contributed by atoms with van der Waals surface area (Å²) in [6.07, 6.45) is -2.68. The van der Waals surface area contributed by atoms with E-state index < -0.39 is 39.8 Å². The summed E-state index contributed by atoms with van der Waals surface area (Å²) in [5.41, 5.74) is -0.810. The van der Waals surface area contributed by atoms with Crippen LogP contribution in [0.15, 0.2) is 89.8 Å². The predicted molar refractivity (Wildman–Crippen MR) is 126 cm³/mol. The highest BCUT2D eigenvalue weighted by Crippen LogP contribution is 2.53. The Hall–Kier alpha value is -3.53. The molecule has 0 N–H and O–H groups in total. The number of methoxy groups -OCH3 is 2. The molecule has 3 aromatic carbocycles. The molecule has 0 amide bonds. The van der Waals surface area contributed by atoms with Gasteiger partial charge >= 0.3 is 11.9 Å². The minimum atomic E-state index is -4.50. The van der Waals surface area contributed by atoms with Crippen LogP contribution in [-0.4, -0.2) is 44.4 Å². The molecule has 1 saturated heterocycles. The molecule has 0 unspecified atom stereocenters. The molecule has 35 heavy (non-hydrogen) atoms. The lowest BCUT2D eigenvalue weighted by molar-refractivity contribution is -0.169. The van der Waals surface area contributed by atoms with Crippen LogP contribution in [0.4, 0.5) is 0 Å². The Kier molecular flexibility index (Phi) is 6.75. The van der Waals surface area contributed by atoms with Gasteiger partial charge in [-0.2, -0.15) is 0 Å². The highest BCUT2D eigenvalue weighted by atomic mass is 32.2. The van der Waals surface area contributed by atoms with E-state index in [2.05, 4.69) is 0 Å². The number of rotatable bonds is 6. The zero-order valence-electron chi connectivity index (χ0n) is 19.5. The van der Waals surface area contributed by atoms with E-state index in [1.54, 1.807) is 72.8 Å². The maximum atomic E-state index is 14.2. The second kappa shape index (κ2) is 9.61. The third-order valence-electron chi connectivity index (χ3n) is 5.96. The van der Waals surface area contributed by atoms with E-state index in [0.29, 0.717) is 11.1 Å². The first kappa shape index (κ1) is 24.6. The van der Waals surface area contributed by atoms with Gasteiger partial charge < -0.3 is 14.2 Å². The maximum Gasteiger partial charge on any atom is 0.342 e. The molecule has 0 aliphatic carbocycles. The summed E-state index contributed by atoms with van der Waals surface area (Å²) >= 11 is 0. The molecule has 0 radical (unpaired) electrons. The van der Waals surface area contributed by atoms with Crippen molar-refractivity contribution in [2.75, 3.05) is 14.2 Å². The molecular formula is C26H25NO7S. The summed E-state index contributed by atoms with van der Waals surface area (Å²) in [6, 6.07) is 23.1. The number of aryl methyl sites for hydroxylation is 1. The molecule has 1 heterocycles. The lowest BCUT2D eigenvalue weighted by Crippen LogP contribution is -2.62. The van der Waals surface area contributed by atoms with E-state index >= 15 is 0 Å². The average Bonchev–Trinajstić information content (AvgIpc) is 3.27. The lowest BCUT2D eigenvalue weighted by Gasteiger charge is -2.35. The molecule has 0 spiro atoms. The number of carbonyl (C=O) groups is 2. The summed E-state index contributed by atoms with van der Waals surface area (Å²) in [5.74, 6) is -2.24. The molecule has 9 heteroatoms. The standard InChI is InChI=1S/C26H25NO7S/c1-18-14-16-21(17-15-18)35(30,31)27-23(20-12-8-5-9-13-20)34-22(19-10-6-4-7-11-19)26(27,24(28)32-2)25(29)33-3/h4-17,22-23H,1-3H3/t22-,23+/m0/s1. The van der Waals surface area contributed by atoms with Crippen LogP contribution < -0.4 is 0 Å². The minimum absolute atomic E-state index is 0.112. The van der Waals surface area contributed by atoms with Gasteiger partial charge in [0.25, 0.3) is 5.54 Å². The van der Waals surface area contributed by atoms with Gasteiger partial charge in [-0.15, -0.1) is 4.31 Å². The smallest absolute Gasteiger partial charge is 0.342 e. The Labute approximate surface area is 204 Å². The second-order valence-corrected chi connectivity index (χ2v) is 9.87. The first-order valence-electron chi connectivity index (χ1n) is 10.8. The monoisotopic (exact) mass is 495 g/mol. The Balaban J connectivity index is 2.07. The normalized spacial score (nSPS) is 19.7. The lowest BCUT2D eigenvalue weighted by atomic mass is 9.88. The quantitative estimate of drug-likeness (QED) is 0.381. The second-order valence-electron chi connectivity index (χ2n) is 8.05. The zero-order valence-corrected chi connectivity index (χ0v) is 20.3. The fraction of sp³-hybridized carbons (Fsp3) is 0.231. The average molecular weight is 496 g/mol. The van der Waals surface area contributed by atoms with Crippen molar-refractivity contribution < 1.29 is 32.2 Å². The van der Waals surface area contributed by atoms with Gasteiger partial charge in [-0.1, -0.05) is 78.4 Å². The number of esters is 2. The van der Waals surface area contributed by atoms with Crippen molar-refractivity contribution in [3.63, 3.8) is 0 Å². The van der Waals surface area contributed by atoms with Crippen LogP contribution in [0.5, 0.6) is 0 Å². The highest BCUT2D eigenvalue weighted by Gasteiger charge is 2.71. The van der Waals surface area contributed by atoms with Crippen molar-refractivity contribution >= 4 is 22.0 Å². The molecule has 4 rings (SSSR count). The van der Waals surface area contributed by atoms with Crippen molar-refractivity contribution in [2.24, 2.45) is 0 Å². The molecule has 1 aliphatic rings. The van der Waals surface area contributed by atoms with Crippen molar-refractivity contribution in [3.05, 3.63) is 102 Å². The Morgan fingerprint density at radius 3 is 1.77 bits per heavy atom. The van der Waals surface area contributed by atoms with Gasteiger partial charge in [0, 0.05) is 0 Å². The summed E-state index contributed by atoms with van der Waals surface area (Å²) in [4.78, 5) is 26.9. The van der Waals surface area contributed by atoms with E-state index in [-0.39, 0.29) is 4.90 Å².